The van der Waals surface area contributed by atoms with Crippen molar-refractivity contribution < 1.29 is 23.5 Å². The highest BCUT2D eigenvalue weighted by Crippen LogP contribution is 2.40. The Morgan fingerprint density at radius 1 is 1.11 bits per heavy atom. The quantitative estimate of drug-likeness (QED) is 0.217. The number of amides is 2. The van der Waals surface area contributed by atoms with Crippen LogP contribution in [0.1, 0.15) is 50.9 Å². The van der Waals surface area contributed by atoms with Gasteiger partial charge in [-0.1, -0.05) is 18.5 Å². The van der Waals surface area contributed by atoms with Crippen molar-refractivity contribution in [3.8, 4) is 28.1 Å². The van der Waals surface area contributed by atoms with E-state index in [2.05, 4.69) is 25.9 Å². The molecule has 0 spiro atoms. The van der Waals surface area contributed by atoms with Gasteiger partial charge in [0.2, 0.25) is 0 Å². The first kappa shape index (κ1) is 32.9. The molecular weight excluding hydrogens is 587 g/mol. The summed E-state index contributed by atoms with van der Waals surface area (Å²) in [7, 11) is 0. The summed E-state index contributed by atoms with van der Waals surface area (Å²) >= 11 is 6.14. The normalized spacial score (nSPS) is 12.5. The Morgan fingerprint density at radius 2 is 1.93 bits per heavy atom. The molecule has 3 heterocycles. The second-order valence-electron chi connectivity index (χ2n) is 11.4. The predicted octanol–water partition coefficient (Wildman–Crippen LogP) is 5.76. The zero-order valence-electron chi connectivity index (χ0n) is 25.6. The van der Waals surface area contributed by atoms with Crippen LogP contribution in [0.4, 0.5) is 15.0 Å². The molecule has 1 aliphatic rings. The molecule has 236 valence electrons. The molecule has 44 heavy (non-hydrogen) atoms. The van der Waals surface area contributed by atoms with Crippen LogP contribution in [-0.2, 0) is 4.74 Å². The predicted molar refractivity (Wildman–Crippen MR) is 170 cm³/mol. The number of anilines is 1. The van der Waals surface area contributed by atoms with Crippen LogP contribution >= 0.6 is 11.6 Å². The van der Waals surface area contributed by atoms with Gasteiger partial charge in [0.1, 0.15) is 18.0 Å². The number of carbonyl (C=O) groups is 2. The average Bonchev–Trinajstić information content (AvgIpc) is 2.99. The van der Waals surface area contributed by atoms with Crippen LogP contribution in [0.25, 0.3) is 22.4 Å². The van der Waals surface area contributed by atoms with Crippen molar-refractivity contribution >= 4 is 29.4 Å². The maximum absolute atomic E-state index is 14.7. The summed E-state index contributed by atoms with van der Waals surface area (Å²) in [5.41, 5.74) is 1.74. The zero-order chi connectivity index (χ0) is 31.7. The molecule has 0 fully saturated rings. The molecule has 0 bridgehead atoms. The van der Waals surface area contributed by atoms with Gasteiger partial charge in [-0.2, -0.15) is 0 Å². The summed E-state index contributed by atoms with van der Waals surface area (Å²) in [6, 6.07) is 7.76. The number of rotatable bonds is 12. The number of aromatic nitrogens is 2. The first-order valence-electron chi connectivity index (χ1n) is 14.8. The Labute approximate surface area is 262 Å². The van der Waals surface area contributed by atoms with Crippen molar-refractivity contribution in [1.29, 1.82) is 0 Å². The van der Waals surface area contributed by atoms with Crippen molar-refractivity contribution in [2.75, 3.05) is 51.2 Å². The van der Waals surface area contributed by atoms with Gasteiger partial charge in [0.15, 0.2) is 11.6 Å². The molecule has 0 aliphatic carbocycles. The minimum Gasteiger partial charge on any atom is -0.487 e. The molecule has 0 radical (unpaired) electrons. The summed E-state index contributed by atoms with van der Waals surface area (Å²) in [6.45, 7) is 11.5. The van der Waals surface area contributed by atoms with Crippen LogP contribution in [0.3, 0.4) is 0 Å². The van der Waals surface area contributed by atoms with Crippen LogP contribution in [-0.4, -0.2) is 78.3 Å². The monoisotopic (exact) mass is 626 g/mol. The number of ether oxygens (including phenoxy) is 2. The number of carbonyl (C=O) groups excluding carboxylic acids is 2. The SMILES string of the molecule is CCCN(CCNCCCNC(=O)c1cncc(-c2cc(-c3cc(Cl)ccc3F)nc3c2OCCN3)c1)C(=O)OC(C)(C)C. The second kappa shape index (κ2) is 15.2. The lowest BCUT2D eigenvalue weighted by Gasteiger charge is -2.27. The van der Waals surface area contributed by atoms with E-state index in [-0.39, 0.29) is 17.6 Å². The van der Waals surface area contributed by atoms with Crippen molar-refractivity contribution in [2.24, 2.45) is 0 Å². The average molecular weight is 627 g/mol. The number of halogens is 2. The molecule has 2 amide bonds. The van der Waals surface area contributed by atoms with E-state index in [0.717, 1.165) is 6.42 Å². The standard InChI is InChI=1S/C32H40ClFN6O4/c1-5-13-40(31(42)44-32(2,3)4)14-11-35-9-6-10-38-30(41)22-16-21(19-36-20-22)24-18-27(25-17-23(33)7-8-26(25)34)39-29-28(24)43-15-12-37-29/h7-8,16-20,35H,5-6,9-15H2,1-4H3,(H,37,39)(H,38,41). The third kappa shape index (κ3) is 9.03. The van der Waals surface area contributed by atoms with E-state index < -0.39 is 11.4 Å². The zero-order valence-corrected chi connectivity index (χ0v) is 26.4. The number of nitrogens with one attached hydrogen (secondary N) is 3. The summed E-state index contributed by atoms with van der Waals surface area (Å²) < 4.78 is 26.1. The lowest BCUT2D eigenvalue weighted by Crippen LogP contribution is -2.41. The summed E-state index contributed by atoms with van der Waals surface area (Å²) in [4.78, 5) is 36.0. The van der Waals surface area contributed by atoms with Gasteiger partial charge in [0.25, 0.3) is 5.91 Å². The fourth-order valence-corrected chi connectivity index (χ4v) is 4.80. The maximum atomic E-state index is 14.7. The molecule has 0 saturated carbocycles. The van der Waals surface area contributed by atoms with E-state index in [4.69, 9.17) is 21.1 Å². The molecule has 4 rings (SSSR count). The van der Waals surface area contributed by atoms with Gasteiger partial charge in [0, 0.05) is 60.3 Å². The third-order valence-electron chi connectivity index (χ3n) is 6.65. The molecule has 3 N–H and O–H groups in total. The smallest absolute Gasteiger partial charge is 0.410 e. The summed E-state index contributed by atoms with van der Waals surface area (Å²) in [6.07, 6.45) is 4.36. The molecule has 12 heteroatoms. The first-order valence-corrected chi connectivity index (χ1v) is 15.2. The number of nitrogens with zero attached hydrogens (tertiary/aromatic N) is 3. The lowest BCUT2D eigenvalue weighted by atomic mass is 10.0. The van der Waals surface area contributed by atoms with Crippen LogP contribution in [0, 0.1) is 5.82 Å². The van der Waals surface area contributed by atoms with Crippen molar-refractivity contribution in [1.82, 2.24) is 25.5 Å². The van der Waals surface area contributed by atoms with Gasteiger partial charge in [-0.05, 0) is 70.5 Å². The maximum Gasteiger partial charge on any atom is 0.410 e. The molecule has 10 nitrogen and oxygen atoms in total. The molecule has 0 unspecified atom stereocenters. The minimum atomic E-state index is -0.536. The molecule has 1 aromatic carbocycles. The Kier molecular flexibility index (Phi) is 11.4. The Morgan fingerprint density at radius 3 is 2.70 bits per heavy atom. The van der Waals surface area contributed by atoms with Crippen LogP contribution in [0.2, 0.25) is 5.02 Å². The summed E-state index contributed by atoms with van der Waals surface area (Å²) in [5.74, 6) is 0.277. The van der Waals surface area contributed by atoms with E-state index >= 15 is 0 Å². The Balaban J connectivity index is 1.35. The van der Waals surface area contributed by atoms with Gasteiger partial charge in [0.05, 0.1) is 17.8 Å². The number of hydrogen-bond donors (Lipinski definition) is 3. The van der Waals surface area contributed by atoms with Gasteiger partial charge >= 0.3 is 6.09 Å². The molecule has 0 atom stereocenters. The molecular formula is C32H40ClFN6O4. The first-order chi connectivity index (χ1) is 21.1. The molecule has 0 saturated heterocycles. The Bertz CT molecular complexity index is 1470. The number of pyridine rings is 2. The highest BCUT2D eigenvalue weighted by atomic mass is 35.5. The minimum absolute atomic E-state index is 0.257. The fourth-order valence-electron chi connectivity index (χ4n) is 4.63. The number of hydrogen-bond acceptors (Lipinski definition) is 8. The van der Waals surface area contributed by atoms with Gasteiger partial charge in [-0.3, -0.25) is 9.78 Å². The van der Waals surface area contributed by atoms with E-state index in [0.29, 0.717) is 91.3 Å². The van der Waals surface area contributed by atoms with Crippen molar-refractivity contribution in [3.63, 3.8) is 0 Å². The van der Waals surface area contributed by atoms with E-state index in [1.807, 2.05) is 27.7 Å². The van der Waals surface area contributed by atoms with Crippen LogP contribution in [0.15, 0.2) is 42.7 Å². The molecule has 2 aromatic heterocycles. The second-order valence-corrected chi connectivity index (χ2v) is 11.9. The van der Waals surface area contributed by atoms with Gasteiger partial charge in [-0.25, -0.2) is 14.2 Å². The molecule has 3 aromatic rings. The highest BCUT2D eigenvalue weighted by molar-refractivity contribution is 6.30. The van der Waals surface area contributed by atoms with Gasteiger partial charge < -0.3 is 30.3 Å². The van der Waals surface area contributed by atoms with Crippen molar-refractivity contribution in [2.45, 2.75) is 46.1 Å². The van der Waals surface area contributed by atoms with E-state index in [1.165, 1.54) is 24.4 Å². The fraction of sp³-hybridized carbons (Fsp3) is 0.438. The largest absolute Gasteiger partial charge is 0.487 e. The number of fused-ring (bicyclic) bond motifs is 1. The van der Waals surface area contributed by atoms with Crippen LogP contribution in [0.5, 0.6) is 5.75 Å². The van der Waals surface area contributed by atoms with Gasteiger partial charge in [-0.15, -0.1) is 0 Å². The highest BCUT2D eigenvalue weighted by Gasteiger charge is 2.23. The van der Waals surface area contributed by atoms with Crippen LogP contribution < -0.4 is 20.7 Å². The topological polar surface area (TPSA) is 118 Å². The molecule has 1 aliphatic heterocycles. The summed E-state index contributed by atoms with van der Waals surface area (Å²) in [5, 5.41) is 9.85. The number of benzene rings is 1. The van der Waals surface area contributed by atoms with Crippen molar-refractivity contribution in [3.05, 3.63) is 59.1 Å². The third-order valence-corrected chi connectivity index (χ3v) is 6.88. The van der Waals surface area contributed by atoms with E-state index in [1.54, 1.807) is 23.2 Å². The lowest BCUT2D eigenvalue weighted by molar-refractivity contribution is 0.0252. The Hall–Kier alpha value is -3.96. The van der Waals surface area contributed by atoms with E-state index in [9.17, 15) is 14.0 Å².